The molecule has 0 unspecified atom stereocenters. The molecule has 0 saturated heterocycles. The van der Waals surface area contributed by atoms with Crippen LogP contribution in [-0.2, 0) is 4.79 Å². The first-order chi connectivity index (χ1) is 14.5. The molecule has 1 N–H and O–H groups in total. The van der Waals surface area contributed by atoms with Crippen molar-refractivity contribution in [3.63, 3.8) is 0 Å². The molecular formula is C25H26N2O3. The van der Waals surface area contributed by atoms with Gasteiger partial charge in [-0.1, -0.05) is 30.3 Å². The molecule has 0 aliphatic carbocycles. The van der Waals surface area contributed by atoms with E-state index in [0.29, 0.717) is 12.4 Å². The van der Waals surface area contributed by atoms with E-state index in [9.17, 15) is 4.79 Å². The minimum absolute atomic E-state index is 0.0688. The molecule has 3 rings (SSSR count). The number of hydrogen-bond acceptors (Lipinski definition) is 4. The van der Waals surface area contributed by atoms with E-state index in [1.165, 1.54) is 5.56 Å². The molecule has 30 heavy (non-hydrogen) atoms. The van der Waals surface area contributed by atoms with Crippen LogP contribution in [0.15, 0.2) is 71.7 Å². The molecule has 0 aliphatic heterocycles. The maximum atomic E-state index is 12.2. The third kappa shape index (κ3) is 5.95. The Kier molecular flexibility index (Phi) is 7.22. The molecule has 0 radical (unpaired) electrons. The molecule has 0 spiro atoms. The zero-order valence-corrected chi connectivity index (χ0v) is 17.5. The number of amides is 1. The second-order valence-corrected chi connectivity index (χ2v) is 6.87. The van der Waals surface area contributed by atoms with Crippen molar-refractivity contribution in [1.29, 1.82) is 0 Å². The van der Waals surface area contributed by atoms with E-state index in [-0.39, 0.29) is 12.5 Å². The van der Waals surface area contributed by atoms with Gasteiger partial charge in [-0.05, 0) is 73.9 Å². The van der Waals surface area contributed by atoms with E-state index >= 15 is 0 Å². The van der Waals surface area contributed by atoms with Crippen LogP contribution in [0.1, 0.15) is 23.6 Å². The number of aryl methyl sites for hydroxylation is 2. The molecule has 3 aromatic carbocycles. The highest BCUT2D eigenvalue weighted by Gasteiger charge is 2.05. The Morgan fingerprint density at radius 3 is 2.60 bits per heavy atom. The predicted octanol–water partition coefficient (Wildman–Crippen LogP) is 5.47. The van der Waals surface area contributed by atoms with Gasteiger partial charge >= 0.3 is 0 Å². The molecule has 0 fully saturated rings. The van der Waals surface area contributed by atoms with Crippen LogP contribution in [0.5, 0.6) is 11.5 Å². The van der Waals surface area contributed by atoms with E-state index in [4.69, 9.17) is 9.47 Å². The van der Waals surface area contributed by atoms with Gasteiger partial charge in [-0.25, -0.2) is 0 Å². The number of anilines is 1. The second-order valence-electron chi connectivity index (χ2n) is 6.87. The average Bonchev–Trinajstić information content (AvgIpc) is 2.75. The second kappa shape index (κ2) is 10.3. The van der Waals surface area contributed by atoms with Crippen molar-refractivity contribution in [2.45, 2.75) is 20.8 Å². The number of benzene rings is 3. The summed E-state index contributed by atoms with van der Waals surface area (Å²) in [6, 6.07) is 20.9. The highest BCUT2D eigenvalue weighted by Crippen LogP contribution is 2.26. The van der Waals surface area contributed by atoms with Crippen LogP contribution in [0.3, 0.4) is 0 Å². The number of ether oxygens (including phenoxy) is 2. The Bertz CT molecular complexity index is 1040. The molecule has 5 heteroatoms. The molecule has 5 nitrogen and oxygen atoms in total. The van der Waals surface area contributed by atoms with Gasteiger partial charge in [0.05, 0.1) is 6.61 Å². The van der Waals surface area contributed by atoms with Crippen molar-refractivity contribution in [1.82, 2.24) is 0 Å². The van der Waals surface area contributed by atoms with Crippen molar-refractivity contribution in [3.05, 3.63) is 83.4 Å². The van der Waals surface area contributed by atoms with Gasteiger partial charge in [0.2, 0.25) is 0 Å². The van der Waals surface area contributed by atoms with Crippen molar-refractivity contribution in [3.8, 4) is 11.5 Å². The van der Waals surface area contributed by atoms with Crippen LogP contribution >= 0.6 is 0 Å². The van der Waals surface area contributed by atoms with Crippen molar-refractivity contribution in [2.75, 3.05) is 18.5 Å². The molecule has 154 valence electrons. The van der Waals surface area contributed by atoms with Crippen LogP contribution in [0, 0.1) is 13.8 Å². The number of aliphatic imine (C=N–C) groups is 1. The summed E-state index contributed by atoms with van der Waals surface area (Å²) in [6.45, 7) is 6.51. The zero-order chi connectivity index (χ0) is 21.3. The molecule has 0 aromatic heterocycles. The average molecular weight is 402 g/mol. The van der Waals surface area contributed by atoms with E-state index in [2.05, 4.69) is 10.3 Å². The topological polar surface area (TPSA) is 59.9 Å². The van der Waals surface area contributed by atoms with Gasteiger partial charge in [-0.15, -0.1) is 0 Å². The Morgan fingerprint density at radius 1 is 0.967 bits per heavy atom. The Hall–Kier alpha value is -3.60. The van der Waals surface area contributed by atoms with Gasteiger partial charge in [0.1, 0.15) is 17.2 Å². The zero-order valence-electron chi connectivity index (χ0n) is 17.5. The predicted molar refractivity (Wildman–Crippen MR) is 121 cm³/mol. The Morgan fingerprint density at radius 2 is 1.80 bits per heavy atom. The minimum atomic E-state index is -0.206. The van der Waals surface area contributed by atoms with E-state index in [0.717, 1.165) is 28.3 Å². The summed E-state index contributed by atoms with van der Waals surface area (Å²) in [4.78, 5) is 16.7. The lowest BCUT2D eigenvalue weighted by Gasteiger charge is -2.09. The summed E-state index contributed by atoms with van der Waals surface area (Å²) in [5.41, 5.74) is 4.71. The number of para-hydroxylation sites is 2. The molecule has 0 saturated carbocycles. The van der Waals surface area contributed by atoms with Crippen LogP contribution in [0.4, 0.5) is 11.4 Å². The summed E-state index contributed by atoms with van der Waals surface area (Å²) in [5.74, 6) is 1.14. The molecular weight excluding hydrogens is 376 g/mol. The minimum Gasteiger partial charge on any atom is -0.492 e. The third-order valence-corrected chi connectivity index (χ3v) is 4.54. The quantitative estimate of drug-likeness (QED) is 0.508. The standard InChI is InChI=1S/C25H26N2O3/c1-4-29-24-11-6-5-10-23(24)26-16-20-8-7-9-22(15-20)30-17-25(28)27-21-13-12-18(2)19(3)14-21/h5-16H,4,17H2,1-3H3,(H,27,28). The van der Waals surface area contributed by atoms with E-state index < -0.39 is 0 Å². The molecule has 0 bridgehead atoms. The van der Waals surface area contributed by atoms with E-state index in [1.807, 2.05) is 87.5 Å². The first-order valence-electron chi connectivity index (χ1n) is 9.91. The fraction of sp³-hybridized carbons (Fsp3) is 0.200. The third-order valence-electron chi connectivity index (χ3n) is 4.54. The molecule has 0 heterocycles. The number of nitrogens with one attached hydrogen (secondary N) is 1. The highest BCUT2D eigenvalue weighted by atomic mass is 16.5. The lowest BCUT2D eigenvalue weighted by atomic mass is 10.1. The maximum absolute atomic E-state index is 12.2. The van der Waals surface area contributed by atoms with Gasteiger partial charge in [0.15, 0.2) is 6.61 Å². The monoisotopic (exact) mass is 402 g/mol. The van der Waals surface area contributed by atoms with Crippen molar-refractivity contribution in [2.24, 2.45) is 4.99 Å². The number of carbonyl (C=O) groups is 1. The van der Waals surface area contributed by atoms with Gasteiger partial charge in [-0.3, -0.25) is 9.79 Å². The first-order valence-corrected chi connectivity index (χ1v) is 9.91. The lowest BCUT2D eigenvalue weighted by Crippen LogP contribution is -2.20. The number of carbonyl (C=O) groups excluding carboxylic acids is 1. The van der Waals surface area contributed by atoms with Gasteiger partial charge in [0.25, 0.3) is 5.91 Å². The molecule has 1 amide bonds. The molecule has 0 aliphatic rings. The SMILES string of the molecule is CCOc1ccccc1N=Cc1cccc(OCC(=O)Nc2ccc(C)c(C)c2)c1. The summed E-state index contributed by atoms with van der Waals surface area (Å²) in [5, 5.41) is 2.86. The number of hydrogen-bond donors (Lipinski definition) is 1. The first kappa shape index (κ1) is 21.1. The molecule has 0 atom stereocenters. The van der Waals surface area contributed by atoms with Gasteiger partial charge in [0, 0.05) is 11.9 Å². The number of nitrogens with zero attached hydrogens (tertiary/aromatic N) is 1. The van der Waals surface area contributed by atoms with Crippen LogP contribution in [0.2, 0.25) is 0 Å². The summed E-state index contributed by atoms with van der Waals surface area (Å²) < 4.78 is 11.2. The molecule has 3 aromatic rings. The van der Waals surface area contributed by atoms with Crippen LogP contribution < -0.4 is 14.8 Å². The fourth-order valence-corrected chi connectivity index (χ4v) is 2.84. The van der Waals surface area contributed by atoms with Crippen molar-refractivity contribution >= 4 is 23.5 Å². The largest absolute Gasteiger partial charge is 0.492 e. The summed E-state index contributed by atoms with van der Waals surface area (Å²) in [6.07, 6.45) is 1.75. The number of rotatable bonds is 8. The Labute approximate surface area is 177 Å². The van der Waals surface area contributed by atoms with E-state index in [1.54, 1.807) is 6.21 Å². The normalized spacial score (nSPS) is 10.8. The van der Waals surface area contributed by atoms with Crippen LogP contribution in [-0.4, -0.2) is 25.3 Å². The highest BCUT2D eigenvalue weighted by molar-refractivity contribution is 5.92. The van der Waals surface area contributed by atoms with Crippen molar-refractivity contribution < 1.29 is 14.3 Å². The summed E-state index contributed by atoms with van der Waals surface area (Å²) >= 11 is 0. The van der Waals surface area contributed by atoms with Gasteiger partial charge < -0.3 is 14.8 Å². The van der Waals surface area contributed by atoms with Gasteiger partial charge in [-0.2, -0.15) is 0 Å². The lowest BCUT2D eigenvalue weighted by molar-refractivity contribution is -0.118. The smallest absolute Gasteiger partial charge is 0.262 e. The fourth-order valence-electron chi connectivity index (χ4n) is 2.84. The van der Waals surface area contributed by atoms with Crippen LogP contribution in [0.25, 0.3) is 0 Å². The Balaban J connectivity index is 1.60. The maximum Gasteiger partial charge on any atom is 0.262 e. The summed E-state index contributed by atoms with van der Waals surface area (Å²) in [7, 11) is 0.